The lowest BCUT2D eigenvalue weighted by molar-refractivity contribution is -0.141. The minimum atomic E-state index is -1.39. The fourth-order valence-electron chi connectivity index (χ4n) is 1.17. The molecule has 0 aliphatic heterocycles. The van der Waals surface area contributed by atoms with Gasteiger partial charge in [0, 0.05) is 12.3 Å². The van der Waals surface area contributed by atoms with Gasteiger partial charge in [-0.1, -0.05) is 0 Å². The maximum atomic E-state index is 11.6. The smallest absolute Gasteiger partial charge is 0.328 e. The number of amides is 1. The number of aliphatic hydroxyl groups is 1. The number of hydrogen-bond donors (Lipinski definition) is 4. The van der Waals surface area contributed by atoms with Crippen molar-refractivity contribution in [3.63, 3.8) is 0 Å². The lowest BCUT2D eigenvalue weighted by Gasteiger charge is -2.16. The number of carbonyl (C=O) groups excluding carboxylic acids is 1. The number of aromatic nitrogens is 1. The molecule has 0 aromatic carbocycles. The number of pyridine rings is 1. The zero-order valence-electron chi connectivity index (χ0n) is 9.01. The van der Waals surface area contributed by atoms with Crippen LogP contribution in [-0.2, 0) is 4.79 Å². The van der Waals surface area contributed by atoms with Crippen LogP contribution in [0.25, 0.3) is 0 Å². The van der Waals surface area contributed by atoms with Gasteiger partial charge in [0.05, 0.1) is 11.7 Å². The second kappa shape index (κ2) is 5.26. The summed E-state index contributed by atoms with van der Waals surface area (Å²) in [6, 6.07) is 1.01. The number of aliphatic hydroxyl groups excluding tert-OH is 1. The third-order valence-electron chi connectivity index (χ3n) is 2.08. The maximum absolute atomic E-state index is 11.6. The molecule has 0 saturated heterocycles. The molecule has 0 bridgehead atoms. The average molecular weight is 240 g/mol. The predicted molar refractivity (Wildman–Crippen MR) is 57.6 cm³/mol. The van der Waals surface area contributed by atoms with Crippen molar-refractivity contribution < 1.29 is 19.8 Å². The molecular formula is C10H12N2O5. The Hall–Kier alpha value is -2.15. The lowest BCUT2D eigenvalue weighted by atomic mass is 10.1. The van der Waals surface area contributed by atoms with Gasteiger partial charge in [-0.25, -0.2) is 4.79 Å². The van der Waals surface area contributed by atoms with Crippen LogP contribution in [-0.4, -0.2) is 39.2 Å². The molecule has 1 heterocycles. The van der Waals surface area contributed by atoms with E-state index in [0.717, 1.165) is 6.07 Å². The summed E-state index contributed by atoms with van der Waals surface area (Å²) in [4.78, 5) is 35.3. The second-order valence-electron chi connectivity index (χ2n) is 3.47. The second-order valence-corrected chi connectivity index (χ2v) is 3.47. The highest BCUT2D eigenvalue weighted by molar-refractivity contribution is 5.96. The van der Waals surface area contributed by atoms with Gasteiger partial charge in [-0.15, -0.1) is 0 Å². The van der Waals surface area contributed by atoms with Crippen molar-refractivity contribution in [1.82, 2.24) is 10.3 Å². The summed E-state index contributed by atoms with van der Waals surface area (Å²) in [5.74, 6) is -2.02. The van der Waals surface area contributed by atoms with Crippen LogP contribution >= 0.6 is 0 Å². The Morgan fingerprint density at radius 2 is 2.06 bits per heavy atom. The predicted octanol–water partition coefficient (Wildman–Crippen LogP) is -1.06. The van der Waals surface area contributed by atoms with E-state index in [1.165, 1.54) is 19.2 Å². The highest BCUT2D eigenvalue weighted by Crippen LogP contribution is 1.98. The van der Waals surface area contributed by atoms with E-state index in [4.69, 9.17) is 10.2 Å². The normalized spacial score (nSPS) is 13.8. The van der Waals surface area contributed by atoms with Crippen LogP contribution in [0, 0.1) is 0 Å². The number of aliphatic carboxylic acids is 1. The van der Waals surface area contributed by atoms with Gasteiger partial charge in [-0.05, 0) is 13.0 Å². The van der Waals surface area contributed by atoms with Crippen molar-refractivity contribution in [2.75, 3.05) is 0 Å². The molecular weight excluding hydrogens is 228 g/mol. The van der Waals surface area contributed by atoms with Gasteiger partial charge in [-0.2, -0.15) is 0 Å². The number of H-pyrrole nitrogens is 1. The van der Waals surface area contributed by atoms with Crippen LogP contribution in [0.3, 0.4) is 0 Å². The third kappa shape index (κ3) is 3.42. The minimum Gasteiger partial charge on any atom is -0.480 e. The van der Waals surface area contributed by atoms with Crippen molar-refractivity contribution >= 4 is 11.9 Å². The molecule has 0 saturated carbocycles. The Labute approximate surface area is 96.1 Å². The van der Waals surface area contributed by atoms with Crippen molar-refractivity contribution in [3.05, 3.63) is 34.2 Å². The molecule has 92 valence electrons. The first kappa shape index (κ1) is 12.9. The summed E-state index contributed by atoms with van der Waals surface area (Å²) in [6.07, 6.45) is -0.0577. The van der Waals surface area contributed by atoms with Crippen molar-refractivity contribution in [1.29, 1.82) is 0 Å². The van der Waals surface area contributed by atoms with E-state index >= 15 is 0 Å². The maximum Gasteiger partial charge on any atom is 0.328 e. The topological polar surface area (TPSA) is 119 Å². The number of aromatic amines is 1. The summed E-state index contributed by atoms with van der Waals surface area (Å²) < 4.78 is 0. The summed E-state index contributed by atoms with van der Waals surface area (Å²) >= 11 is 0. The standard InChI is InChI=1S/C10H12N2O5/c1-5(13)8(10(16)17)12-9(15)6-2-3-7(14)11-4-6/h2-5,8,13H,1H3,(H,11,14)(H,12,15)(H,16,17)/t5-,8+/m1/s1. The molecule has 1 rings (SSSR count). The highest BCUT2D eigenvalue weighted by Gasteiger charge is 2.25. The van der Waals surface area contributed by atoms with E-state index in [-0.39, 0.29) is 11.1 Å². The quantitative estimate of drug-likeness (QED) is 0.534. The number of carboxylic acid groups (broad SMARTS) is 1. The molecule has 7 nitrogen and oxygen atoms in total. The molecule has 1 aromatic heterocycles. The van der Waals surface area contributed by atoms with E-state index in [9.17, 15) is 14.4 Å². The Kier molecular flexibility index (Phi) is 4.00. The van der Waals surface area contributed by atoms with Crippen molar-refractivity contribution in [3.8, 4) is 0 Å². The molecule has 0 unspecified atom stereocenters. The first-order chi connectivity index (χ1) is 7.91. The monoisotopic (exact) mass is 240 g/mol. The van der Waals surface area contributed by atoms with Gasteiger partial charge in [0.25, 0.3) is 5.91 Å². The van der Waals surface area contributed by atoms with Gasteiger partial charge < -0.3 is 20.5 Å². The molecule has 0 radical (unpaired) electrons. The Balaban J connectivity index is 2.81. The Morgan fingerprint density at radius 3 is 2.47 bits per heavy atom. The summed E-state index contributed by atoms with van der Waals surface area (Å²) in [7, 11) is 0. The van der Waals surface area contributed by atoms with Gasteiger partial charge in [-0.3, -0.25) is 9.59 Å². The number of rotatable bonds is 4. The zero-order valence-corrected chi connectivity index (χ0v) is 9.01. The Morgan fingerprint density at radius 1 is 1.41 bits per heavy atom. The number of nitrogens with one attached hydrogen (secondary N) is 2. The average Bonchev–Trinajstić information content (AvgIpc) is 2.25. The minimum absolute atomic E-state index is 0.108. The van der Waals surface area contributed by atoms with Crippen LogP contribution < -0.4 is 10.9 Å². The van der Waals surface area contributed by atoms with Crippen LogP contribution in [0.1, 0.15) is 17.3 Å². The lowest BCUT2D eigenvalue weighted by Crippen LogP contribution is -2.47. The fraction of sp³-hybridized carbons (Fsp3) is 0.300. The summed E-state index contributed by atoms with van der Waals surface area (Å²) in [6.45, 7) is 1.26. The molecule has 0 aliphatic rings. The molecule has 1 aromatic rings. The van der Waals surface area contributed by atoms with E-state index in [0.29, 0.717) is 0 Å². The molecule has 0 spiro atoms. The van der Waals surface area contributed by atoms with Crippen LogP contribution in [0.4, 0.5) is 0 Å². The molecule has 17 heavy (non-hydrogen) atoms. The van der Waals surface area contributed by atoms with Crippen LogP contribution in [0.2, 0.25) is 0 Å². The van der Waals surface area contributed by atoms with Crippen molar-refractivity contribution in [2.45, 2.75) is 19.1 Å². The number of carbonyl (C=O) groups is 2. The molecule has 1 amide bonds. The summed E-state index contributed by atoms with van der Waals surface area (Å²) in [5.41, 5.74) is -0.261. The van der Waals surface area contributed by atoms with Gasteiger partial charge in [0.1, 0.15) is 0 Å². The Bertz CT molecular complexity index is 459. The fourth-order valence-corrected chi connectivity index (χ4v) is 1.17. The SMILES string of the molecule is C[C@@H](O)[C@H](NC(=O)c1ccc(=O)[nH]c1)C(=O)O. The van der Waals surface area contributed by atoms with E-state index < -0.39 is 24.0 Å². The molecule has 0 fully saturated rings. The van der Waals surface area contributed by atoms with Gasteiger partial charge in [0.15, 0.2) is 6.04 Å². The third-order valence-corrected chi connectivity index (χ3v) is 2.08. The van der Waals surface area contributed by atoms with Gasteiger partial charge in [0.2, 0.25) is 5.56 Å². The zero-order chi connectivity index (χ0) is 13.0. The van der Waals surface area contributed by atoms with E-state index in [1.54, 1.807) is 0 Å². The first-order valence-corrected chi connectivity index (χ1v) is 4.82. The summed E-state index contributed by atoms with van der Waals surface area (Å²) in [5, 5.41) is 20.1. The molecule has 0 aliphatic carbocycles. The number of carboxylic acids is 1. The van der Waals surface area contributed by atoms with E-state index in [2.05, 4.69) is 10.3 Å². The highest BCUT2D eigenvalue weighted by atomic mass is 16.4. The molecule has 2 atom stereocenters. The van der Waals surface area contributed by atoms with Crippen LogP contribution in [0.15, 0.2) is 23.1 Å². The first-order valence-electron chi connectivity index (χ1n) is 4.82. The van der Waals surface area contributed by atoms with E-state index in [1.807, 2.05) is 0 Å². The molecule has 7 heteroatoms. The van der Waals surface area contributed by atoms with Gasteiger partial charge >= 0.3 is 5.97 Å². The number of hydrogen-bond acceptors (Lipinski definition) is 4. The largest absolute Gasteiger partial charge is 0.480 e. The molecule has 4 N–H and O–H groups in total. The van der Waals surface area contributed by atoms with Crippen molar-refractivity contribution in [2.24, 2.45) is 0 Å². The van der Waals surface area contributed by atoms with Crippen LogP contribution in [0.5, 0.6) is 0 Å².